The van der Waals surface area contributed by atoms with Gasteiger partial charge in [-0.25, -0.2) is 0 Å². The number of carbonyl (C=O) groups is 1. The minimum atomic E-state index is 0.237. The Balaban J connectivity index is 4.21. The van der Waals surface area contributed by atoms with Crippen molar-refractivity contribution in [3.05, 3.63) is 48.6 Å². The van der Waals surface area contributed by atoms with E-state index in [0.29, 0.717) is 13.0 Å². The van der Waals surface area contributed by atoms with Crippen LogP contribution in [0, 0.1) is 0 Å². The first kappa shape index (κ1) is 43.5. The zero-order valence-corrected chi connectivity index (χ0v) is 30.8. The van der Waals surface area contributed by atoms with Gasteiger partial charge in [0, 0.05) is 6.42 Å². The summed E-state index contributed by atoms with van der Waals surface area (Å²) in [6, 6.07) is 0. The molecule has 0 heterocycles. The SMILES string of the molecule is CCC/C=C\CCCC/C=C\CCCCCC(CCCCC/C=C\CCCC/C=C\CCC)OCC(=O)CCCN(CC)CC. The van der Waals surface area contributed by atoms with Gasteiger partial charge >= 0.3 is 0 Å². The van der Waals surface area contributed by atoms with E-state index in [1.165, 1.54) is 128 Å². The zero-order chi connectivity index (χ0) is 32.9. The second-order valence-corrected chi connectivity index (χ2v) is 12.9. The third-order valence-electron chi connectivity index (χ3n) is 8.66. The highest BCUT2D eigenvalue weighted by Gasteiger charge is 2.12. The van der Waals surface area contributed by atoms with Crippen LogP contribution >= 0.6 is 0 Å². The predicted octanol–water partition coefficient (Wildman–Crippen LogP) is 12.9. The van der Waals surface area contributed by atoms with Crippen LogP contribution in [0.5, 0.6) is 0 Å². The average molecular weight is 628 g/mol. The summed E-state index contributed by atoms with van der Waals surface area (Å²) in [6.45, 7) is 12.3. The third kappa shape index (κ3) is 33.7. The lowest BCUT2D eigenvalue weighted by atomic mass is 10.0. The van der Waals surface area contributed by atoms with Gasteiger partial charge < -0.3 is 9.64 Å². The topological polar surface area (TPSA) is 29.5 Å². The van der Waals surface area contributed by atoms with E-state index in [1.807, 2.05) is 0 Å². The van der Waals surface area contributed by atoms with Crippen LogP contribution in [-0.4, -0.2) is 43.0 Å². The highest BCUT2D eigenvalue weighted by atomic mass is 16.5. The maximum absolute atomic E-state index is 12.5. The standard InChI is InChI=1S/C42H77NO2/c1-5-9-11-13-15-17-19-21-23-25-27-29-31-33-37-42(45-40-41(44)36-35-39-43(7-3)8-4)38-34-32-30-28-26-24-22-20-18-16-14-12-10-6-2/h11-14,23-26,42H,5-10,15-22,27-40H2,1-4H3/b13-11-,14-12-,25-23-,26-24-. The Morgan fingerprint density at radius 3 is 1.27 bits per heavy atom. The molecule has 0 aromatic carbocycles. The van der Waals surface area contributed by atoms with E-state index in [-0.39, 0.29) is 11.9 Å². The van der Waals surface area contributed by atoms with Crippen molar-refractivity contribution in [2.75, 3.05) is 26.2 Å². The molecule has 0 saturated carbocycles. The number of Topliss-reactive ketones (excluding diaryl/α,β-unsaturated/α-hetero) is 1. The molecule has 3 heteroatoms. The van der Waals surface area contributed by atoms with E-state index in [2.05, 4.69) is 81.2 Å². The molecular formula is C42H77NO2. The van der Waals surface area contributed by atoms with Gasteiger partial charge in [-0.2, -0.15) is 0 Å². The van der Waals surface area contributed by atoms with Crippen molar-refractivity contribution in [2.24, 2.45) is 0 Å². The molecule has 0 aromatic rings. The molecule has 0 aliphatic carbocycles. The van der Waals surface area contributed by atoms with Gasteiger partial charge in [0.05, 0.1) is 6.10 Å². The molecule has 0 atom stereocenters. The second-order valence-electron chi connectivity index (χ2n) is 12.9. The number of ketones is 1. The van der Waals surface area contributed by atoms with Crippen molar-refractivity contribution in [1.82, 2.24) is 4.90 Å². The van der Waals surface area contributed by atoms with Crippen LogP contribution in [0.1, 0.15) is 182 Å². The van der Waals surface area contributed by atoms with Crippen molar-refractivity contribution in [3.63, 3.8) is 0 Å². The number of ether oxygens (including phenoxy) is 1. The Morgan fingerprint density at radius 1 is 0.511 bits per heavy atom. The molecule has 0 aliphatic rings. The molecule has 0 radical (unpaired) electrons. The molecular weight excluding hydrogens is 550 g/mol. The van der Waals surface area contributed by atoms with E-state index in [0.717, 1.165) is 38.9 Å². The first-order valence-corrected chi connectivity index (χ1v) is 19.6. The van der Waals surface area contributed by atoms with Crippen molar-refractivity contribution in [1.29, 1.82) is 0 Å². The lowest BCUT2D eigenvalue weighted by Gasteiger charge is -2.19. The fraction of sp³-hybridized carbons (Fsp3) is 0.786. The third-order valence-corrected chi connectivity index (χ3v) is 8.66. The zero-order valence-electron chi connectivity index (χ0n) is 30.8. The van der Waals surface area contributed by atoms with Crippen molar-refractivity contribution >= 4 is 5.78 Å². The summed E-state index contributed by atoms with van der Waals surface area (Å²) in [5.41, 5.74) is 0. The number of allylic oxidation sites excluding steroid dienone is 8. The number of hydrogen-bond donors (Lipinski definition) is 0. The van der Waals surface area contributed by atoms with Gasteiger partial charge in [-0.15, -0.1) is 0 Å². The van der Waals surface area contributed by atoms with Crippen LogP contribution in [0.25, 0.3) is 0 Å². The smallest absolute Gasteiger partial charge is 0.158 e. The van der Waals surface area contributed by atoms with E-state index in [4.69, 9.17) is 4.74 Å². The summed E-state index contributed by atoms with van der Waals surface area (Å²) in [4.78, 5) is 14.9. The fourth-order valence-electron chi connectivity index (χ4n) is 5.58. The Bertz CT molecular complexity index is 674. The molecule has 0 amide bonds. The van der Waals surface area contributed by atoms with Crippen LogP contribution in [-0.2, 0) is 9.53 Å². The van der Waals surface area contributed by atoms with Crippen molar-refractivity contribution in [3.8, 4) is 0 Å². The van der Waals surface area contributed by atoms with Gasteiger partial charge in [0.25, 0.3) is 0 Å². The summed E-state index contributed by atoms with van der Waals surface area (Å²) in [5, 5.41) is 0. The molecule has 0 aliphatic heterocycles. The number of rotatable bonds is 35. The minimum Gasteiger partial charge on any atom is -0.370 e. The summed E-state index contributed by atoms with van der Waals surface area (Å²) in [7, 11) is 0. The summed E-state index contributed by atoms with van der Waals surface area (Å²) in [5.74, 6) is 0.274. The summed E-state index contributed by atoms with van der Waals surface area (Å²) < 4.78 is 6.24. The number of nitrogens with zero attached hydrogens (tertiary/aromatic N) is 1. The quantitative estimate of drug-likeness (QED) is 0.0517. The molecule has 3 nitrogen and oxygen atoms in total. The Labute approximate surface area is 282 Å². The molecule has 0 spiro atoms. The Hall–Kier alpha value is -1.45. The maximum Gasteiger partial charge on any atom is 0.158 e. The van der Waals surface area contributed by atoms with Crippen LogP contribution < -0.4 is 0 Å². The monoisotopic (exact) mass is 628 g/mol. The van der Waals surface area contributed by atoms with E-state index >= 15 is 0 Å². The molecule has 0 bridgehead atoms. The van der Waals surface area contributed by atoms with Gasteiger partial charge in [0.2, 0.25) is 0 Å². The van der Waals surface area contributed by atoms with Gasteiger partial charge in [-0.1, -0.05) is 115 Å². The van der Waals surface area contributed by atoms with Crippen LogP contribution in [0.4, 0.5) is 0 Å². The molecule has 45 heavy (non-hydrogen) atoms. The molecule has 0 N–H and O–H groups in total. The molecule has 0 unspecified atom stereocenters. The van der Waals surface area contributed by atoms with Crippen LogP contribution in [0.3, 0.4) is 0 Å². The first-order chi connectivity index (χ1) is 22.2. The fourth-order valence-corrected chi connectivity index (χ4v) is 5.58. The van der Waals surface area contributed by atoms with Crippen molar-refractivity contribution < 1.29 is 9.53 Å². The molecule has 0 rings (SSSR count). The van der Waals surface area contributed by atoms with Crippen LogP contribution in [0.15, 0.2) is 48.6 Å². The lowest BCUT2D eigenvalue weighted by molar-refractivity contribution is -0.126. The highest BCUT2D eigenvalue weighted by molar-refractivity contribution is 5.79. The first-order valence-electron chi connectivity index (χ1n) is 19.6. The van der Waals surface area contributed by atoms with Crippen molar-refractivity contribution in [2.45, 2.75) is 188 Å². The van der Waals surface area contributed by atoms with E-state index < -0.39 is 0 Å². The highest BCUT2D eigenvalue weighted by Crippen LogP contribution is 2.17. The second kappa shape index (κ2) is 37.0. The molecule has 0 aromatic heterocycles. The van der Waals surface area contributed by atoms with Crippen LogP contribution in [0.2, 0.25) is 0 Å². The lowest BCUT2D eigenvalue weighted by Crippen LogP contribution is -2.25. The Kier molecular flexibility index (Phi) is 35.8. The number of carbonyl (C=O) groups excluding carboxylic acids is 1. The number of hydrogen-bond acceptors (Lipinski definition) is 3. The van der Waals surface area contributed by atoms with Gasteiger partial charge in [0.15, 0.2) is 5.78 Å². The summed E-state index contributed by atoms with van der Waals surface area (Å²) in [6.07, 6.45) is 47.8. The van der Waals surface area contributed by atoms with E-state index in [9.17, 15) is 4.79 Å². The average Bonchev–Trinajstić information content (AvgIpc) is 3.05. The van der Waals surface area contributed by atoms with E-state index in [1.54, 1.807) is 0 Å². The van der Waals surface area contributed by atoms with Gasteiger partial charge in [0.1, 0.15) is 6.61 Å². The molecule has 0 saturated heterocycles. The Morgan fingerprint density at radius 2 is 0.889 bits per heavy atom. The normalized spacial score (nSPS) is 12.5. The van der Waals surface area contributed by atoms with Gasteiger partial charge in [-0.05, 0) is 129 Å². The molecule has 0 fully saturated rings. The largest absolute Gasteiger partial charge is 0.370 e. The van der Waals surface area contributed by atoms with Gasteiger partial charge in [-0.3, -0.25) is 4.79 Å². The molecule has 262 valence electrons. The maximum atomic E-state index is 12.5. The summed E-state index contributed by atoms with van der Waals surface area (Å²) >= 11 is 0. The number of unbranched alkanes of at least 4 members (excludes halogenated alkanes) is 14. The minimum absolute atomic E-state index is 0.237. The predicted molar refractivity (Wildman–Crippen MR) is 201 cm³/mol.